The highest BCUT2D eigenvalue weighted by molar-refractivity contribution is 6.17. The van der Waals surface area contributed by atoms with E-state index < -0.39 is 11.7 Å². The molecular weight excluding hydrogens is 263 g/mol. The number of alkyl halides is 4. The summed E-state index contributed by atoms with van der Waals surface area (Å²) in [6.07, 6.45) is -2.74. The molecule has 0 spiro atoms. The second-order valence-electron chi connectivity index (χ2n) is 3.72. The molecule has 1 heterocycles. The molecule has 2 aromatic rings. The smallest absolute Gasteiger partial charge is 0.256 e. The van der Waals surface area contributed by atoms with E-state index in [0.29, 0.717) is 11.3 Å². The highest BCUT2D eigenvalue weighted by Crippen LogP contribution is 2.31. The van der Waals surface area contributed by atoms with E-state index in [9.17, 15) is 13.2 Å². The molecule has 0 atom stereocenters. The van der Waals surface area contributed by atoms with Gasteiger partial charge in [0, 0.05) is 17.6 Å². The maximum Gasteiger partial charge on any atom is 0.416 e. The molecule has 0 N–H and O–H groups in total. The van der Waals surface area contributed by atoms with E-state index in [0.717, 1.165) is 17.7 Å². The normalized spacial score (nSPS) is 11.6. The third-order valence-corrected chi connectivity index (χ3v) is 2.81. The second kappa shape index (κ2) is 4.98. The second-order valence-corrected chi connectivity index (χ2v) is 3.99. The summed E-state index contributed by atoms with van der Waals surface area (Å²) in [7, 11) is 0. The van der Waals surface area contributed by atoms with Crippen molar-refractivity contribution in [2.45, 2.75) is 12.1 Å². The fourth-order valence-corrected chi connectivity index (χ4v) is 1.84. The van der Waals surface area contributed by atoms with Crippen LogP contribution in [-0.4, -0.2) is 4.98 Å². The molecule has 0 saturated carbocycles. The van der Waals surface area contributed by atoms with E-state index in [2.05, 4.69) is 4.98 Å². The molecule has 0 aliphatic heterocycles. The Morgan fingerprint density at radius 2 is 1.72 bits per heavy atom. The van der Waals surface area contributed by atoms with Gasteiger partial charge in [-0.2, -0.15) is 13.2 Å². The molecule has 0 amide bonds. The Labute approximate surface area is 107 Å². The summed E-state index contributed by atoms with van der Waals surface area (Å²) >= 11 is 5.77. The van der Waals surface area contributed by atoms with Gasteiger partial charge in [-0.3, -0.25) is 4.98 Å². The molecule has 0 radical (unpaired) electrons. The van der Waals surface area contributed by atoms with Gasteiger partial charge in [0.1, 0.15) is 0 Å². The van der Waals surface area contributed by atoms with Crippen molar-refractivity contribution in [1.82, 2.24) is 4.98 Å². The van der Waals surface area contributed by atoms with Gasteiger partial charge in [-0.15, -0.1) is 11.6 Å². The lowest BCUT2D eigenvalue weighted by atomic mass is 10.0. The van der Waals surface area contributed by atoms with Gasteiger partial charge in [-0.05, 0) is 23.8 Å². The lowest BCUT2D eigenvalue weighted by molar-refractivity contribution is -0.137. The van der Waals surface area contributed by atoms with Crippen LogP contribution in [-0.2, 0) is 12.1 Å². The first-order valence-electron chi connectivity index (χ1n) is 5.20. The largest absolute Gasteiger partial charge is 0.416 e. The number of halogens is 4. The van der Waals surface area contributed by atoms with Crippen LogP contribution in [0, 0.1) is 0 Å². The van der Waals surface area contributed by atoms with Gasteiger partial charge in [0.15, 0.2) is 0 Å². The number of rotatable bonds is 2. The molecule has 1 aromatic carbocycles. The van der Waals surface area contributed by atoms with E-state index in [1.54, 1.807) is 18.3 Å². The maximum absolute atomic E-state index is 12.4. The van der Waals surface area contributed by atoms with Crippen molar-refractivity contribution in [3.05, 3.63) is 53.7 Å². The zero-order valence-corrected chi connectivity index (χ0v) is 9.96. The molecule has 0 aliphatic rings. The Bertz CT molecular complexity index is 535. The number of aromatic nitrogens is 1. The van der Waals surface area contributed by atoms with Crippen LogP contribution in [0.4, 0.5) is 13.2 Å². The van der Waals surface area contributed by atoms with Crippen molar-refractivity contribution < 1.29 is 13.2 Å². The summed E-state index contributed by atoms with van der Waals surface area (Å²) in [6, 6.07) is 8.44. The molecule has 18 heavy (non-hydrogen) atoms. The van der Waals surface area contributed by atoms with Gasteiger partial charge in [0.2, 0.25) is 0 Å². The van der Waals surface area contributed by atoms with Crippen LogP contribution in [0.15, 0.2) is 42.6 Å². The molecule has 0 saturated heterocycles. The molecule has 0 fully saturated rings. The van der Waals surface area contributed by atoms with Crippen LogP contribution in [0.3, 0.4) is 0 Å². The molecule has 1 nitrogen and oxygen atoms in total. The number of pyridine rings is 1. The zero-order valence-electron chi connectivity index (χ0n) is 9.21. The highest BCUT2D eigenvalue weighted by atomic mass is 35.5. The Balaban J connectivity index is 2.41. The summed E-state index contributed by atoms with van der Waals surface area (Å²) in [6.45, 7) is 0. The lowest BCUT2D eigenvalue weighted by Gasteiger charge is -2.09. The Hall–Kier alpha value is -1.55. The number of hydrogen-bond donors (Lipinski definition) is 0. The van der Waals surface area contributed by atoms with Crippen molar-refractivity contribution in [3.8, 4) is 11.3 Å². The maximum atomic E-state index is 12.4. The van der Waals surface area contributed by atoms with Crippen molar-refractivity contribution in [2.24, 2.45) is 0 Å². The van der Waals surface area contributed by atoms with Gasteiger partial charge >= 0.3 is 6.18 Å². The molecular formula is C13H9ClF3N. The number of benzene rings is 1. The minimum atomic E-state index is -4.32. The van der Waals surface area contributed by atoms with Crippen LogP contribution < -0.4 is 0 Å². The predicted molar refractivity (Wildman–Crippen MR) is 64.2 cm³/mol. The van der Waals surface area contributed by atoms with Crippen molar-refractivity contribution in [1.29, 1.82) is 0 Å². The highest BCUT2D eigenvalue weighted by Gasteiger charge is 2.30. The predicted octanol–water partition coefficient (Wildman–Crippen LogP) is 4.51. The van der Waals surface area contributed by atoms with Crippen LogP contribution in [0.1, 0.15) is 11.1 Å². The van der Waals surface area contributed by atoms with Gasteiger partial charge in [0.25, 0.3) is 0 Å². The zero-order chi connectivity index (χ0) is 13.2. The number of hydrogen-bond acceptors (Lipinski definition) is 1. The van der Waals surface area contributed by atoms with Gasteiger partial charge in [0.05, 0.1) is 11.3 Å². The fraction of sp³-hybridized carbons (Fsp3) is 0.154. The van der Waals surface area contributed by atoms with Crippen molar-refractivity contribution >= 4 is 11.6 Å². The average molecular weight is 272 g/mol. The summed E-state index contributed by atoms with van der Waals surface area (Å²) in [4.78, 5) is 4.15. The fourth-order valence-electron chi connectivity index (χ4n) is 1.62. The molecule has 0 bridgehead atoms. The van der Waals surface area contributed by atoms with Crippen molar-refractivity contribution in [2.75, 3.05) is 0 Å². The topological polar surface area (TPSA) is 12.9 Å². The summed E-state index contributed by atoms with van der Waals surface area (Å²) < 4.78 is 37.3. The van der Waals surface area contributed by atoms with Crippen LogP contribution in [0.2, 0.25) is 0 Å². The third kappa shape index (κ3) is 2.64. The van der Waals surface area contributed by atoms with Gasteiger partial charge in [-0.25, -0.2) is 0 Å². The third-order valence-electron chi connectivity index (χ3n) is 2.52. The summed E-state index contributed by atoms with van der Waals surface area (Å²) in [5.74, 6) is 0.268. The van der Waals surface area contributed by atoms with E-state index in [-0.39, 0.29) is 5.88 Å². The van der Waals surface area contributed by atoms with E-state index in [1.165, 1.54) is 12.1 Å². The van der Waals surface area contributed by atoms with Crippen molar-refractivity contribution in [3.63, 3.8) is 0 Å². The minimum absolute atomic E-state index is 0.268. The summed E-state index contributed by atoms with van der Waals surface area (Å²) in [5.41, 5.74) is 1.36. The summed E-state index contributed by atoms with van der Waals surface area (Å²) in [5, 5.41) is 0. The van der Waals surface area contributed by atoms with Gasteiger partial charge in [-0.1, -0.05) is 18.2 Å². The Morgan fingerprint density at radius 1 is 1.06 bits per heavy atom. The Morgan fingerprint density at radius 3 is 2.28 bits per heavy atom. The molecule has 94 valence electrons. The van der Waals surface area contributed by atoms with E-state index in [4.69, 9.17) is 11.6 Å². The molecule has 0 aliphatic carbocycles. The van der Waals surface area contributed by atoms with E-state index in [1.807, 2.05) is 0 Å². The minimum Gasteiger partial charge on any atom is -0.256 e. The molecule has 0 unspecified atom stereocenters. The van der Waals surface area contributed by atoms with Crippen LogP contribution in [0.5, 0.6) is 0 Å². The first kappa shape index (κ1) is 12.9. The number of nitrogens with zero attached hydrogens (tertiary/aromatic N) is 1. The van der Waals surface area contributed by atoms with Crippen LogP contribution in [0.25, 0.3) is 11.3 Å². The standard InChI is InChI=1S/C13H9ClF3N/c14-8-10-2-1-7-18-12(10)9-3-5-11(6-4-9)13(15,16)17/h1-7H,8H2. The molecule has 5 heteroatoms. The molecule has 2 rings (SSSR count). The Kier molecular flexibility index (Phi) is 3.57. The first-order chi connectivity index (χ1) is 8.52. The van der Waals surface area contributed by atoms with Gasteiger partial charge < -0.3 is 0 Å². The van der Waals surface area contributed by atoms with E-state index >= 15 is 0 Å². The average Bonchev–Trinajstić information content (AvgIpc) is 2.38. The first-order valence-corrected chi connectivity index (χ1v) is 5.73. The SMILES string of the molecule is FC(F)(F)c1ccc(-c2ncccc2CCl)cc1. The molecule has 1 aromatic heterocycles. The quantitative estimate of drug-likeness (QED) is 0.733. The lowest BCUT2D eigenvalue weighted by Crippen LogP contribution is -2.04. The van der Waals surface area contributed by atoms with Crippen LogP contribution >= 0.6 is 11.6 Å². The monoisotopic (exact) mass is 271 g/mol.